The van der Waals surface area contributed by atoms with E-state index in [1.54, 1.807) is 0 Å². The lowest BCUT2D eigenvalue weighted by atomic mass is 10.0. The molecule has 44 heavy (non-hydrogen) atoms. The fourth-order valence-electron chi connectivity index (χ4n) is 5.09. The van der Waals surface area contributed by atoms with Gasteiger partial charge in [-0.25, -0.2) is 0 Å². The van der Waals surface area contributed by atoms with Gasteiger partial charge in [0.05, 0.1) is 6.61 Å². The first kappa shape index (κ1) is 42.1. The minimum Gasteiger partial charge on any atom is -0.462 e. The van der Waals surface area contributed by atoms with Crippen molar-refractivity contribution < 1.29 is 24.2 Å². The molecule has 0 unspecified atom stereocenters. The number of carbonyl (C=O) groups excluding carboxylic acids is 2. The second kappa shape index (κ2) is 35.6. The number of hydrogen-bond acceptors (Lipinski definition) is 5. The number of ether oxygens (including phenoxy) is 2. The predicted octanol–water partition coefficient (Wildman–Crippen LogP) is 11.3. The molecule has 0 amide bonds. The van der Waals surface area contributed by atoms with Crippen LogP contribution >= 0.6 is 0 Å². The third kappa shape index (κ3) is 33.0. The molecule has 0 aromatic heterocycles. The summed E-state index contributed by atoms with van der Waals surface area (Å²) in [6, 6.07) is 0. The van der Waals surface area contributed by atoms with Crippen LogP contribution in [-0.4, -0.2) is 36.4 Å². The van der Waals surface area contributed by atoms with Gasteiger partial charge in [-0.2, -0.15) is 0 Å². The van der Waals surface area contributed by atoms with Gasteiger partial charge in [0.25, 0.3) is 0 Å². The standard InChI is InChI=1S/C39H70O5/c1-3-5-7-9-11-13-15-17-19-21-23-25-27-29-31-33-38(41)43-36-37(35-40)44-39(42)34-32-30-28-26-24-22-20-18-16-14-12-10-8-6-4-2/h11,13,17,19,23,25,37,40H,3-10,12,14-16,18,20-22,24,26-36H2,1-2H3/b13-11-,19-17-,25-23-/t37-/m0/s1. The van der Waals surface area contributed by atoms with Crippen LogP contribution in [0.1, 0.15) is 181 Å². The molecular weight excluding hydrogens is 548 g/mol. The van der Waals surface area contributed by atoms with Crippen LogP contribution < -0.4 is 0 Å². The van der Waals surface area contributed by atoms with Crippen LogP contribution in [0.4, 0.5) is 0 Å². The third-order valence-electron chi connectivity index (χ3n) is 7.94. The average molecular weight is 619 g/mol. The first-order valence-corrected chi connectivity index (χ1v) is 18.5. The molecule has 1 atom stereocenters. The molecule has 0 bridgehead atoms. The fourth-order valence-corrected chi connectivity index (χ4v) is 5.09. The summed E-state index contributed by atoms with van der Waals surface area (Å²) in [6.07, 6.45) is 42.0. The number of aliphatic hydroxyl groups excluding tert-OH is 1. The molecule has 0 radical (unpaired) electrons. The molecule has 0 aliphatic heterocycles. The van der Waals surface area contributed by atoms with E-state index < -0.39 is 6.10 Å². The van der Waals surface area contributed by atoms with Gasteiger partial charge in [0.1, 0.15) is 6.61 Å². The van der Waals surface area contributed by atoms with Crippen LogP contribution in [0.25, 0.3) is 0 Å². The molecule has 0 saturated carbocycles. The van der Waals surface area contributed by atoms with E-state index in [0.29, 0.717) is 12.8 Å². The van der Waals surface area contributed by atoms with Crippen molar-refractivity contribution in [2.45, 2.75) is 187 Å². The van der Waals surface area contributed by atoms with Crippen LogP contribution in [0.2, 0.25) is 0 Å². The maximum absolute atomic E-state index is 12.1. The smallest absolute Gasteiger partial charge is 0.306 e. The number of hydrogen-bond donors (Lipinski definition) is 1. The topological polar surface area (TPSA) is 72.8 Å². The molecule has 5 heteroatoms. The predicted molar refractivity (Wildman–Crippen MR) is 187 cm³/mol. The molecule has 0 aliphatic rings. The summed E-state index contributed by atoms with van der Waals surface area (Å²) in [6.45, 7) is 4.07. The van der Waals surface area contributed by atoms with E-state index in [0.717, 1.165) is 51.4 Å². The second-order valence-corrected chi connectivity index (χ2v) is 12.3. The Morgan fingerprint density at radius 1 is 0.523 bits per heavy atom. The minimum atomic E-state index is -0.782. The summed E-state index contributed by atoms with van der Waals surface area (Å²) in [4.78, 5) is 24.2. The Morgan fingerprint density at radius 2 is 0.909 bits per heavy atom. The van der Waals surface area contributed by atoms with Gasteiger partial charge in [-0.1, -0.05) is 153 Å². The van der Waals surface area contributed by atoms with E-state index in [-0.39, 0.29) is 25.2 Å². The van der Waals surface area contributed by atoms with E-state index in [1.165, 1.54) is 103 Å². The monoisotopic (exact) mass is 619 g/mol. The van der Waals surface area contributed by atoms with E-state index in [4.69, 9.17) is 9.47 Å². The average Bonchev–Trinajstić information content (AvgIpc) is 3.02. The van der Waals surface area contributed by atoms with Crippen molar-refractivity contribution in [1.82, 2.24) is 0 Å². The maximum Gasteiger partial charge on any atom is 0.306 e. The van der Waals surface area contributed by atoms with Crippen LogP contribution in [0.5, 0.6) is 0 Å². The minimum absolute atomic E-state index is 0.0832. The first-order chi connectivity index (χ1) is 21.6. The molecular formula is C39H70O5. The lowest BCUT2D eigenvalue weighted by Crippen LogP contribution is -2.28. The summed E-state index contributed by atoms with van der Waals surface area (Å²) in [7, 11) is 0. The van der Waals surface area contributed by atoms with E-state index in [2.05, 4.69) is 50.3 Å². The molecule has 0 saturated heterocycles. The SMILES string of the molecule is CCCCC/C=C\C/C=C\C/C=C\CCCCC(=O)OC[C@H](CO)OC(=O)CCCCCCCCCCCCCCCCC. The van der Waals surface area contributed by atoms with E-state index in [9.17, 15) is 14.7 Å². The molecule has 0 fully saturated rings. The number of rotatable bonds is 33. The van der Waals surface area contributed by atoms with Crippen molar-refractivity contribution in [1.29, 1.82) is 0 Å². The van der Waals surface area contributed by atoms with Crippen molar-refractivity contribution >= 4 is 11.9 Å². The summed E-state index contributed by atoms with van der Waals surface area (Å²) in [5.41, 5.74) is 0. The Hall–Kier alpha value is -1.88. The number of unbranched alkanes of at least 4 members (excludes halogenated alkanes) is 19. The third-order valence-corrected chi connectivity index (χ3v) is 7.94. The fraction of sp³-hybridized carbons (Fsp3) is 0.795. The highest BCUT2D eigenvalue weighted by atomic mass is 16.6. The second-order valence-electron chi connectivity index (χ2n) is 12.3. The Bertz CT molecular complexity index is 711. The van der Waals surface area contributed by atoms with Gasteiger partial charge < -0.3 is 14.6 Å². The number of aliphatic hydroxyl groups is 1. The van der Waals surface area contributed by atoms with Gasteiger partial charge in [0.15, 0.2) is 6.10 Å². The van der Waals surface area contributed by atoms with Crippen LogP contribution in [-0.2, 0) is 19.1 Å². The van der Waals surface area contributed by atoms with E-state index >= 15 is 0 Å². The van der Waals surface area contributed by atoms with Crippen molar-refractivity contribution in [2.75, 3.05) is 13.2 Å². The van der Waals surface area contributed by atoms with Crippen molar-refractivity contribution in [3.05, 3.63) is 36.5 Å². The van der Waals surface area contributed by atoms with Gasteiger partial charge in [0, 0.05) is 12.8 Å². The zero-order valence-corrected chi connectivity index (χ0v) is 28.9. The molecule has 0 heterocycles. The molecule has 5 nitrogen and oxygen atoms in total. The Labute approximate surface area is 272 Å². The first-order valence-electron chi connectivity index (χ1n) is 18.5. The van der Waals surface area contributed by atoms with Gasteiger partial charge in [0.2, 0.25) is 0 Å². The van der Waals surface area contributed by atoms with Crippen molar-refractivity contribution in [3.63, 3.8) is 0 Å². The highest BCUT2D eigenvalue weighted by molar-refractivity contribution is 5.70. The molecule has 1 N–H and O–H groups in total. The number of carbonyl (C=O) groups is 2. The molecule has 0 aromatic rings. The molecule has 0 spiro atoms. The van der Waals surface area contributed by atoms with Gasteiger partial charge in [-0.3, -0.25) is 9.59 Å². The molecule has 0 aliphatic carbocycles. The number of allylic oxidation sites excluding steroid dienone is 6. The lowest BCUT2D eigenvalue weighted by Gasteiger charge is -2.15. The molecule has 256 valence electrons. The highest BCUT2D eigenvalue weighted by Crippen LogP contribution is 2.14. The normalized spacial score (nSPS) is 12.5. The summed E-state index contributed by atoms with van der Waals surface area (Å²) in [5.74, 6) is -0.633. The quantitative estimate of drug-likeness (QED) is 0.0450. The van der Waals surface area contributed by atoms with Crippen LogP contribution in [0, 0.1) is 0 Å². The Balaban J connectivity index is 3.62. The Morgan fingerprint density at radius 3 is 1.41 bits per heavy atom. The summed E-state index contributed by atoms with van der Waals surface area (Å²) in [5, 5.41) is 9.52. The molecule has 0 rings (SSSR count). The van der Waals surface area contributed by atoms with Crippen LogP contribution in [0.3, 0.4) is 0 Å². The van der Waals surface area contributed by atoms with Crippen LogP contribution in [0.15, 0.2) is 36.5 Å². The zero-order chi connectivity index (χ0) is 32.2. The summed E-state index contributed by atoms with van der Waals surface area (Å²) < 4.78 is 10.6. The van der Waals surface area contributed by atoms with E-state index in [1.807, 2.05) is 0 Å². The van der Waals surface area contributed by atoms with Gasteiger partial charge in [-0.05, 0) is 51.4 Å². The number of esters is 2. The van der Waals surface area contributed by atoms with Crippen molar-refractivity contribution in [3.8, 4) is 0 Å². The zero-order valence-electron chi connectivity index (χ0n) is 28.9. The van der Waals surface area contributed by atoms with Gasteiger partial charge >= 0.3 is 11.9 Å². The lowest BCUT2D eigenvalue weighted by molar-refractivity contribution is -0.161. The highest BCUT2D eigenvalue weighted by Gasteiger charge is 2.16. The maximum atomic E-state index is 12.1. The van der Waals surface area contributed by atoms with Crippen molar-refractivity contribution in [2.24, 2.45) is 0 Å². The Kier molecular flexibility index (Phi) is 34.1. The van der Waals surface area contributed by atoms with Gasteiger partial charge in [-0.15, -0.1) is 0 Å². The molecule has 0 aromatic carbocycles. The largest absolute Gasteiger partial charge is 0.462 e. The summed E-state index contributed by atoms with van der Waals surface area (Å²) >= 11 is 0.